The third-order valence-corrected chi connectivity index (χ3v) is 7.50. The Morgan fingerprint density at radius 2 is 1.16 bits per heavy atom. The zero-order chi connectivity index (χ0) is 30.8. The molecule has 10 heteroatoms. The summed E-state index contributed by atoms with van der Waals surface area (Å²) in [5.41, 5.74) is 6.15. The van der Waals surface area contributed by atoms with Crippen molar-refractivity contribution in [2.75, 3.05) is 0 Å². The Kier molecular flexibility index (Phi) is 7.48. The van der Waals surface area contributed by atoms with E-state index in [0.717, 1.165) is 50.5 Å². The first-order valence-electron chi connectivity index (χ1n) is 14.5. The van der Waals surface area contributed by atoms with Crippen LogP contribution in [-0.4, -0.2) is 48.9 Å². The molecule has 0 spiro atoms. The van der Waals surface area contributed by atoms with Crippen LogP contribution in [0.1, 0.15) is 11.4 Å². The number of aliphatic hydroxyl groups excluding tert-OH is 2. The molecular weight excluding hydrogens is 564 g/mol. The molecular formula is C35H30N8O2. The summed E-state index contributed by atoms with van der Waals surface area (Å²) in [5.74, 6) is 1.55. The Morgan fingerprint density at radius 1 is 0.600 bits per heavy atom. The Morgan fingerprint density at radius 3 is 1.76 bits per heavy atom. The summed E-state index contributed by atoms with van der Waals surface area (Å²) in [4.78, 5) is 8.66. The third-order valence-electron chi connectivity index (χ3n) is 7.50. The van der Waals surface area contributed by atoms with Gasteiger partial charge in [-0.1, -0.05) is 66.7 Å². The molecule has 0 saturated heterocycles. The predicted molar refractivity (Wildman–Crippen MR) is 173 cm³/mol. The van der Waals surface area contributed by atoms with E-state index in [9.17, 15) is 10.2 Å². The first-order valence-corrected chi connectivity index (χ1v) is 14.5. The fraction of sp³-hybridized carbons (Fsp3) is 0.0857. The molecule has 0 aliphatic carbocycles. The summed E-state index contributed by atoms with van der Waals surface area (Å²) in [7, 11) is 1.91. The SMILES string of the molecule is Cn1cc(CO)nc1-c1nn(-c2ccccc2)c2ccccc12.OCc1cn(-c2nn(-c3ccccc3)c3ccccc23)cn1. The summed E-state index contributed by atoms with van der Waals surface area (Å²) in [5, 5.41) is 30.1. The molecule has 0 aliphatic heterocycles. The molecule has 4 aromatic carbocycles. The van der Waals surface area contributed by atoms with Crippen LogP contribution in [0.5, 0.6) is 0 Å². The fourth-order valence-electron chi connectivity index (χ4n) is 5.39. The van der Waals surface area contributed by atoms with Gasteiger partial charge in [0, 0.05) is 30.2 Å². The lowest BCUT2D eigenvalue weighted by Gasteiger charge is -2.02. The number of imidazole rings is 2. The minimum Gasteiger partial charge on any atom is -0.390 e. The number of para-hydroxylation sites is 4. The zero-order valence-electron chi connectivity index (χ0n) is 24.5. The van der Waals surface area contributed by atoms with Crippen molar-refractivity contribution < 1.29 is 10.2 Å². The van der Waals surface area contributed by atoms with Gasteiger partial charge in [-0.05, 0) is 42.5 Å². The molecule has 8 aromatic rings. The first-order chi connectivity index (χ1) is 22.1. The normalized spacial score (nSPS) is 11.2. The fourth-order valence-corrected chi connectivity index (χ4v) is 5.39. The van der Waals surface area contributed by atoms with E-state index >= 15 is 0 Å². The maximum Gasteiger partial charge on any atom is 0.168 e. The Hall–Kier alpha value is -5.84. The maximum atomic E-state index is 9.32. The summed E-state index contributed by atoms with van der Waals surface area (Å²) < 4.78 is 7.59. The number of hydrogen-bond donors (Lipinski definition) is 2. The molecule has 45 heavy (non-hydrogen) atoms. The van der Waals surface area contributed by atoms with Crippen LogP contribution < -0.4 is 0 Å². The second-order valence-corrected chi connectivity index (χ2v) is 10.5. The number of aromatic nitrogens is 8. The Bertz CT molecular complexity index is 2210. The monoisotopic (exact) mass is 594 g/mol. The van der Waals surface area contributed by atoms with Crippen molar-refractivity contribution >= 4 is 21.8 Å². The van der Waals surface area contributed by atoms with Gasteiger partial charge in [0.15, 0.2) is 11.6 Å². The van der Waals surface area contributed by atoms with Crippen LogP contribution in [0.2, 0.25) is 0 Å². The van der Waals surface area contributed by atoms with Crippen molar-refractivity contribution in [3.63, 3.8) is 0 Å². The number of hydrogen-bond acceptors (Lipinski definition) is 6. The van der Waals surface area contributed by atoms with E-state index in [-0.39, 0.29) is 13.2 Å². The van der Waals surface area contributed by atoms with Crippen LogP contribution >= 0.6 is 0 Å². The average molecular weight is 595 g/mol. The van der Waals surface area contributed by atoms with Gasteiger partial charge in [-0.25, -0.2) is 19.3 Å². The van der Waals surface area contributed by atoms with Gasteiger partial charge in [0.2, 0.25) is 0 Å². The van der Waals surface area contributed by atoms with E-state index in [4.69, 9.17) is 10.2 Å². The zero-order valence-corrected chi connectivity index (χ0v) is 24.5. The standard InChI is InChI=1S/C18H16N4O.C17H14N4O/c1-21-11-13(12-23)19-18(21)17-15-9-5-6-10-16(15)22(20-17)14-7-3-2-4-8-14;22-11-13-10-20(12-18-13)17-15-8-4-5-9-16(15)21(19-17)14-6-2-1-3-7-14/h2-11,23H,12H2,1H3;1-10,12,22H,11H2. The molecule has 8 rings (SSSR count). The average Bonchev–Trinajstić information content (AvgIpc) is 3.89. The Balaban J connectivity index is 0.000000145. The van der Waals surface area contributed by atoms with Gasteiger partial charge in [-0.15, -0.1) is 5.10 Å². The highest BCUT2D eigenvalue weighted by atomic mass is 16.3. The number of nitrogens with zero attached hydrogens (tertiary/aromatic N) is 8. The number of aliphatic hydroxyl groups is 2. The molecule has 2 N–H and O–H groups in total. The first kappa shape index (κ1) is 28.0. The molecule has 4 aromatic heterocycles. The van der Waals surface area contributed by atoms with Gasteiger partial charge in [-0.2, -0.15) is 5.10 Å². The van der Waals surface area contributed by atoms with Crippen LogP contribution in [0, 0.1) is 0 Å². The number of fused-ring (bicyclic) bond motifs is 2. The molecule has 0 amide bonds. The van der Waals surface area contributed by atoms with Crippen molar-refractivity contribution in [3.05, 3.63) is 139 Å². The highest BCUT2D eigenvalue weighted by molar-refractivity contribution is 5.93. The minimum absolute atomic E-state index is 0.0782. The highest BCUT2D eigenvalue weighted by Gasteiger charge is 2.17. The highest BCUT2D eigenvalue weighted by Crippen LogP contribution is 2.29. The van der Waals surface area contributed by atoms with Gasteiger partial charge in [0.05, 0.1) is 47.0 Å². The molecule has 10 nitrogen and oxygen atoms in total. The summed E-state index contributed by atoms with van der Waals surface area (Å²) in [6.45, 7) is -0.157. The summed E-state index contributed by atoms with van der Waals surface area (Å²) in [6, 6.07) is 36.2. The third kappa shape index (κ3) is 5.29. The largest absolute Gasteiger partial charge is 0.390 e. The second-order valence-electron chi connectivity index (χ2n) is 10.5. The summed E-state index contributed by atoms with van der Waals surface area (Å²) >= 11 is 0. The van der Waals surface area contributed by atoms with Gasteiger partial charge < -0.3 is 14.8 Å². The molecule has 0 saturated carbocycles. The lowest BCUT2D eigenvalue weighted by Crippen LogP contribution is -1.98. The molecule has 0 fully saturated rings. The topological polar surface area (TPSA) is 112 Å². The smallest absolute Gasteiger partial charge is 0.168 e. The van der Waals surface area contributed by atoms with Crippen molar-refractivity contribution in [1.82, 2.24) is 38.7 Å². The lowest BCUT2D eigenvalue weighted by molar-refractivity contribution is 0.277. The van der Waals surface area contributed by atoms with Gasteiger partial charge in [0.25, 0.3) is 0 Å². The van der Waals surface area contributed by atoms with Crippen LogP contribution in [-0.2, 0) is 20.3 Å². The van der Waals surface area contributed by atoms with E-state index in [0.29, 0.717) is 11.4 Å². The second kappa shape index (κ2) is 12.0. The van der Waals surface area contributed by atoms with Crippen LogP contribution in [0.4, 0.5) is 0 Å². The van der Waals surface area contributed by atoms with E-state index in [2.05, 4.69) is 16.0 Å². The van der Waals surface area contributed by atoms with E-state index < -0.39 is 0 Å². The van der Waals surface area contributed by atoms with Crippen molar-refractivity contribution in [1.29, 1.82) is 0 Å². The molecule has 0 aliphatic rings. The van der Waals surface area contributed by atoms with Crippen molar-refractivity contribution in [3.8, 4) is 28.7 Å². The van der Waals surface area contributed by atoms with E-state index in [1.54, 1.807) is 12.5 Å². The van der Waals surface area contributed by atoms with Crippen LogP contribution in [0.3, 0.4) is 0 Å². The van der Waals surface area contributed by atoms with Gasteiger partial charge in [0.1, 0.15) is 12.0 Å². The Labute approximate surface area is 258 Å². The minimum atomic E-state index is -0.0790. The quantitative estimate of drug-likeness (QED) is 0.258. The van der Waals surface area contributed by atoms with E-state index in [1.165, 1.54) is 0 Å². The van der Waals surface area contributed by atoms with Crippen LogP contribution in [0.25, 0.3) is 50.5 Å². The van der Waals surface area contributed by atoms with Crippen molar-refractivity contribution in [2.24, 2.45) is 7.05 Å². The van der Waals surface area contributed by atoms with E-state index in [1.807, 2.05) is 135 Å². The van der Waals surface area contributed by atoms with Gasteiger partial charge >= 0.3 is 0 Å². The molecule has 4 heterocycles. The molecule has 0 radical (unpaired) electrons. The van der Waals surface area contributed by atoms with Crippen LogP contribution in [0.15, 0.2) is 128 Å². The number of aryl methyl sites for hydroxylation is 1. The molecule has 222 valence electrons. The predicted octanol–water partition coefficient (Wildman–Crippen LogP) is 5.62. The molecule has 0 atom stereocenters. The molecule has 0 unspecified atom stereocenters. The maximum absolute atomic E-state index is 9.32. The van der Waals surface area contributed by atoms with Crippen molar-refractivity contribution in [2.45, 2.75) is 13.2 Å². The lowest BCUT2D eigenvalue weighted by atomic mass is 10.2. The number of benzene rings is 4. The summed E-state index contributed by atoms with van der Waals surface area (Å²) in [6.07, 6.45) is 5.30. The van der Waals surface area contributed by atoms with Gasteiger partial charge in [-0.3, -0.25) is 4.57 Å². The number of rotatable bonds is 6. The molecule has 0 bridgehead atoms.